The normalized spacial score (nSPS) is 12.2. The van der Waals surface area contributed by atoms with E-state index in [4.69, 9.17) is 7.48 Å². The molecule has 0 aliphatic heterocycles. The van der Waals surface area contributed by atoms with Gasteiger partial charge in [-0.25, -0.2) is 27.6 Å². The highest BCUT2D eigenvalue weighted by Crippen LogP contribution is 2.24. The summed E-state index contributed by atoms with van der Waals surface area (Å²) in [5.74, 6) is -4.52. The van der Waals surface area contributed by atoms with Crippen molar-refractivity contribution in [3.05, 3.63) is 93.3 Å². The van der Waals surface area contributed by atoms with Gasteiger partial charge in [-0.1, -0.05) is 0 Å². The van der Waals surface area contributed by atoms with Crippen LogP contribution in [0.25, 0.3) is 11.5 Å². The van der Waals surface area contributed by atoms with Gasteiger partial charge in [0.1, 0.15) is 23.8 Å². The molecule has 4 aromatic rings. The van der Waals surface area contributed by atoms with E-state index < -0.39 is 41.2 Å². The Balaban J connectivity index is 1.75. The van der Waals surface area contributed by atoms with Gasteiger partial charge in [-0.05, 0) is 25.5 Å². The molecule has 4 rings (SSSR count). The molecule has 0 N–H and O–H groups in total. The number of rotatable bonds is 6. The number of carbonyl (C=O) groups excluding carboxylic acids is 1. The van der Waals surface area contributed by atoms with Gasteiger partial charge >= 0.3 is 5.97 Å². The summed E-state index contributed by atoms with van der Waals surface area (Å²) >= 11 is 0. The summed E-state index contributed by atoms with van der Waals surface area (Å²) < 4.78 is 70.7. The molecule has 4 aromatic heterocycles. The van der Waals surface area contributed by atoms with Crippen molar-refractivity contribution in [1.29, 1.82) is 0 Å². The first-order valence-electron chi connectivity index (χ1n) is 11.0. The van der Waals surface area contributed by atoms with Gasteiger partial charge in [-0.3, -0.25) is 14.3 Å². The molecule has 0 spiro atoms. The second kappa shape index (κ2) is 9.41. The van der Waals surface area contributed by atoms with Crippen LogP contribution in [0.1, 0.15) is 30.2 Å². The van der Waals surface area contributed by atoms with Crippen LogP contribution in [0.5, 0.6) is 5.75 Å². The lowest BCUT2D eigenvalue weighted by Crippen LogP contribution is -2.23. The van der Waals surface area contributed by atoms with Crippen LogP contribution in [-0.2, 0) is 11.3 Å². The highest BCUT2D eigenvalue weighted by molar-refractivity contribution is 5.86. The minimum atomic E-state index is -2.86. The van der Waals surface area contributed by atoms with Gasteiger partial charge < -0.3 is 9.47 Å². The summed E-state index contributed by atoms with van der Waals surface area (Å²) in [5, 5.41) is 3.95. The molecular weight excluding hydrogens is 467 g/mol. The molecular formula is C23H18F3N5O4. The molecule has 0 fully saturated rings. The van der Waals surface area contributed by atoms with E-state index in [1.54, 1.807) is 0 Å². The molecule has 0 aliphatic carbocycles. The molecule has 0 atom stereocenters. The third kappa shape index (κ3) is 4.63. The zero-order chi connectivity index (χ0) is 27.1. The van der Waals surface area contributed by atoms with Gasteiger partial charge in [-0.2, -0.15) is 5.10 Å². The standard InChI is InChI=1S/C23H18F3N5O4/c1-12-9-28-22(30-5-4-17(29-30)23(33)34-3)20(26)21(12)31-13(2)6-15(8-19(31)32)35-11-18-16(25)7-14(24)10-27-18/h4-10H,11H2,1-3H3/i11D2. The van der Waals surface area contributed by atoms with E-state index in [1.807, 2.05) is 0 Å². The van der Waals surface area contributed by atoms with E-state index in [2.05, 4.69) is 19.8 Å². The monoisotopic (exact) mass is 487 g/mol. The number of ether oxygens (including phenoxy) is 2. The summed E-state index contributed by atoms with van der Waals surface area (Å²) in [6.45, 7) is 0.115. The Labute approximate surface area is 199 Å². The first kappa shape index (κ1) is 21.1. The Bertz CT molecular complexity index is 1590. The molecule has 12 heteroatoms. The van der Waals surface area contributed by atoms with Gasteiger partial charge in [-0.15, -0.1) is 0 Å². The minimum absolute atomic E-state index is 0.0815. The molecule has 0 aromatic carbocycles. The number of hydrogen-bond acceptors (Lipinski definition) is 7. The summed E-state index contributed by atoms with van der Waals surface area (Å²) in [6.07, 6.45) is 3.24. The molecule has 0 saturated heterocycles. The molecule has 9 nitrogen and oxygen atoms in total. The van der Waals surface area contributed by atoms with E-state index in [0.29, 0.717) is 12.3 Å². The lowest BCUT2D eigenvalue weighted by atomic mass is 10.2. The second-order valence-corrected chi connectivity index (χ2v) is 7.26. The van der Waals surface area contributed by atoms with Crippen molar-refractivity contribution in [2.75, 3.05) is 7.11 Å². The lowest BCUT2D eigenvalue weighted by Gasteiger charge is -2.16. The molecule has 180 valence electrons. The number of aromatic nitrogens is 5. The van der Waals surface area contributed by atoms with Crippen LogP contribution in [0.3, 0.4) is 0 Å². The third-order valence-electron chi connectivity index (χ3n) is 4.85. The summed E-state index contributed by atoms with van der Waals surface area (Å²) in [4.78, 5) is 32.2. The average Bonchev–Trinajstić information content (AvgIpc) is 3.29. The predicted molar refractivity (Wildman–Crippen MR) is 116 cm³/mol. The van der Waals surface area contributed by atoms with Gasteiger partial charge in [0, 0.05) is 36.3 Å². The molecule has 0 aliphatic rings. The van der Waals surface area contributed by atoms with E-state index in [0.717, 1.165) is 15.3 Å². The van der Waals surface area contributed by atoms with E-state index >= 15 is 4.39 Å². The molecule has 0 saturated carbocycles. The van der Waals surface area contributed by atoms with Gasteiger partial charge in [0.25, 0.3) is 5.56 Å². The topological polar surface area (TPSA) is 101 Å². The summed E-state index contributed by atoms with van der Waals surface area (Å²) in [7, 11) is 1.17. The maximum atomic E-state index is 15.7. The molecule has 0 bridgehead atoms. The number of aryl methyl sites for hydroxylation is 2. The summed E-state index contributed by atoms with van der Waals surface area (Å²) in [5.41, 5.74) is -1.44. The molecule has 35 heavy (non-hydrogen) atoms. The number of pyridine rings is 3. The largest absolute Gasteiger partial charge is 0.487 e. The number of halogens is 3. The fourth-order valence-corrected chi connectivity index (χ4v) is 3.26. The van der Waals surface area contributed by atoms with Crippen molar-refractivity contribution in [2.45, 2.75) is 20.4 Å². The van der Waals surface area contributed by atoms with Crippen LogP contribution in [-0.4, -0.2) is 37.4 Å². The number of esters is 1. The third-order valence-corrected chi connectivity index (χ3v) is 4.85. The maximum absolute atomic E-state index is 15.7. The van der Waals surface area contributed by atoms with Crippen molar-refractivity contribution in [3.8, 4) is 17.3 Å². The number of methoxy groups -OCH3 is 1. The minimum Gasteiger partial charge on any atom is -0.487 e. The Hall–Kier alpha value is -4.48. The Kier molecular flexibility index (Phi) is 5.67. The maximum Gasteiger partial charge on any atom is 0.358 e. The fourth-order valence-electron chi connectivity index (χ4n) is 3.26. The van der Waals surface area contributed by atoms with Crippen molar-refractivity contribution < 1.29 is 30.2 Å². The quantitative estimate of drug-likeness (QED) is 0.385. The smallest absolute Gasteiger partial charge is 0.358 e. The molecule has 0 unspecified atom stereocenters. The SMILES string of the molecule is [2H]C([2H])(Oc1cc(C)n(-c2c(C)cnc(-n3ccc(C(=O)OC)n3)c2F)c(=O)c1)c1ncc(F)cc1F. The highest BCUT2D eigenvalue weighted by Gasteiger charge is 2.21. The Morgan fingerprint density at radius 3 is 2.60 bits per heavy atom. The highest BCUT2D eigenvalue weighted by atomic mass is 19.1. The fraction of sp³-hybridized carbons (Fsp3) is 0.174. The molecule has 4 heterocycles. The van der Waals surface area contributed by atoms with Crippen LogP contribution in [0.15, 0.2) is 47.7 Å². The number of hydrogen-bond donors (Lipinski definition) is 0. The van der Waals surface area contributed by atoms with E-state index in [-0.39, 0.29) is 34.2 Å². The van der Waals surface area contributed by atoms with Crippen molar-refractivity contribution in [3.63, 3.8) is 0 Å². The van der Waals surface area contributed by atoms with Gasteiger partial charge in [0.2, 0.25) is 0 Å². The van der Waals surface area contributed by atoms with Crippen LogP contribution in [0, 0.1) is 31.3 Å². The van der Waals surface area contributed by atoms with E-state index in [1.165, 1.54) is 45.5 Å². The zero-order valence-electron chi connectivity index (χ0n) is 20.5. The van der Waals surface area contributed by atoms with Crippen LogP contribution in [0.4, 0.5) is 13.2 Å². The van der Waals surface area contributed by atoms with Crippen molar-refractivity contribution >= 4 is 5.97 Å². The molecule has 0 radical (unpaired) electrons. The number of nitrogens with zero attached hydrogens (tertiary/aromatic N) is 5. The summed E-state index contributed by atoms with van der Waals surface area (Å²) in [6, 6.07) is 3.88. The Morgan fingerprint density at radius 1 is 1.14 bits per heavy atom. The van der Waals surface area contributed by atoms with Gasteiger partial charge in [0.15, 0.2) is 23.1 Å². The van der Waals surface area contributed by atoms with Crippen molar-refractivity contribution in [2.24, 2.45) is 0 Å². The Morgan fingerprint density at radius 2 is 1.91 bits per heavy atom. The second-order valence-electron chi connectivity index (χ2n) is 7.26. The first-order chi connectivity index (χ1) is 17.4. The average molecular weight is 487 g/mol. The van der Waals surface area contributed by atoms with Crippen LogP contribution >= 0.6 is 0 Å². The van der Waals surface area contributed by atoms with Crippen LogP contribution in [0.2, 0.25) is 0 Å². The van der Waals surface area contributed by atoms with Crippen LogP contribution < -0.4 is 10.3 Å². The predicted octanol–water partition coefficient (Wildman–Crippen LogP) is 3.21. The first-order valence-corrected chi connectivity index (χ1v) is 9.97. The number of carbonyl (C=O) groups is 1. The lowest BCUT2D eigenvalue weighted by molar-refractivity contribution is 0.0593. The molecule has 0 amide bonds. The van der Waals surface area contributed by atoms with Gasteiger partial charge in [0.05, 0.1) is 21.7 Å². The van der Waals surface area contributed by atoms with Crippen molar-refractivity contribution in [1.82, 2.24) is 24.3 Å². The zero-order valence-corrected chi connectivity index (χ0v) is 18.5. The van der Waals surface area contributed by atoms with E-state index in [9.17, 15) is 18.4 Å².